The fourth-order valence-electron chi connectivity index (χ4n) is 2.49. The van der Waals surface area contributed by atoms with E-state index in [4.69, 9.17) is 17.3 Å². The van der Waals surface area contributed by atoms with Crippen molar-refractivity contribution in [2.24, 2.45) is 5.73 Å². The Kier molecular flexibility index (Phi) is 4.40. The third-order valence-electron chi connectivity index (χ3n) is 3.63. The van der Waals surface area contributed by atoms with Gasteiger partial charge in [0.25, 0.3) is 0 Å². The van der Waals surface area contributed by atoms with Crippen molar-refractivity contribution in [1.29, 1.82) is 0 Å². The molecule has 2 amide bonds. The lowest BCUT2D eigenvalue weighted by Crippen LogP contribution is -2.31. The molecule has 0 saturated heterocycles. The van der Waals surface area contributed by atoms with Gasteiger partial charge in [0.15, 0.2) is 0 Å². The number of hydrogen-bond donors (Lipinski definition) is 2. The number of urea groups is 1. The molecule has 0 saturated carbocycles. The van der Waals surface area contributed by atoms with Crippen LogP contribution >= 0.6 is 11.6 Å². The molecule has 0 bridgehead atoms. The Balaban J connectivity index is 2.01. The van der Waals surface area contributed by atoms with Gasteiger partial charge in [0.2, 0.25) is 0 Å². The van der Waals surface area contributed by atoms with E-state index in [1.807, 2.05) is 42.5 Å². The molecule has 5 heteroatoms. The highest BCUT2D eigenvalue weighted by Gasteiger charge is 2.19. The van der Waals surface area contributed by atoms with Crippen LogP contribution < -0.4 is 10.6 Å². The number of aromatic hydroxyl groups is 1. The van der Waals surface area contributed by atoms with Crippen LogP contribution in [0.25, 0.3) is 11.1 Å². The number of benzene rings is 3. The summed E-state index contributed by atoms with van der Waals surface area (Å²) in [4.78, 5) is 13.1. The van der Waals surface area contributed by atoms with Crippen molar-refractivity contribution in [1.82, 2.24) is 0 Å². The molecule has 3 N–H and O–H groups in total. The van der Waals surface area contributed by atoms with Crippen LogP contribution in [0.3, 0.4) is 0 Å². The lowest BCUT2D eigenvalue weighted by molar-refractivity contribution is 0.256. The largest absolute Gasteiger partial charge is 0.506 e. The minimum Gasteiger partial charge on any atom is -0.506 e. The summed E-state index contributed by atoms with van der Waals surface area (Å²) in [6.07, 6.45) is 0. The minimum atomic E-state index is -0.708. The van der Waals surface area contributed by atoms with Gasteiger partial charge in [-0.25, -0.2) is 4.79 Å². The first-order valence-corrected chi connectivity index (χ1v) is 7.67. The highest BCUT2D eigenvalue weighted by Crippen LogP contribution is 2.35. The smallest absolute Gasteiger partial charge is 0.324 e. The monoisotopic (exact) mass is 338 g/mol. The number of hydrogen-bond acceptors (Lipinski definition) is 2. The lowest BCUT2D eigenvalue weighted by atomic mass is 10.1. The number of primary amides is 1. The fraction of sp³-hybridized carbons (Fsp3) is 0. The van der Waals surface area contributed by atoms with Crippen molar-refractivity contribution in [2.45, 2.75) is 0 Å². The Labute approximate surface area is 144 Å². The van der Waals surface area contributed by atoms with Gasteiger partial charge >= 0.3 is 6.03 Å². The molecule has 0 unspecified atom stereocenters. The second-order valence-electron chi connectivity index (χ2n) is 5.22. The molecule has 0 aliphatic carbocycles. The zero-order valence-electron chi connectivity index (χ0n) is 12.7. The maximum Gasteiger partial charge on any atom is 0.324 e. The SMILES string of the molecule is NC(=O)N(c1ccc(-c2ccccc2)cc1)c1cc(Cl)ccc1O. The fourth-order valence-corrected chi connectivity index (χ4v) is 2.66. The van der Waals surface area contributed by atoms with E-state index in [9.17, 15) is 9.90 Å². The van der Waals surface area contributed by atoms with Crippen LogP contribution in [0, 0.1) is 0 Å². The standard InChI is InChI=1S/C19H15ClN2O2/c20-15-8-11-18(23)17(12-15)22(19(21)24)16-9-6-14(7-10-16)13-4-2-1-3-5-13/h1-12,23H,(H2,21,24). The summed E-state index contributed by atoms with van der Waals surface area (Å²) in [5.74, 6) is -0.0784. The molecule has 4 nitrogen and oxygen atoms in total. The van der Waals surface area contributed by atoms with E-state index in [1.54, 1.807) is 12.1 Å². The van der Waals surface area contributed by atoms with Gasteiger partial charge in [-0.15, -0.1) is 0 Å². The molecule has 0 aromatic heterocycles. The minimum absolute atomic E-state index is 0.0784. The summed E-state index contributed by atoms with van der Waals surface area (Å²) in [5, 5.41) is 10.4. The number of rotatable bonds is 3. The van der Waals surface area contributed by atoms with Crippen LogP contribution in [0.15, 0.2) is 72.8 Å². The molecule has 0 aliphatic rings. The normalized spacial score (nSPS) is 10.4. The molecule has 3 aromatic rings. The van der Waals surface area contributed by atoms with Crippen LogP contribution in [0.4, 0.5) is 16.2 Å². The molecule has 0 heterocycles. The second-order valence-corrected chi connectivity index (χ2v) is 5.66. The Morgan fingerprint density at radius 3 is 2.17 bits per heavy atom. The van der Waals surface area contributed by atoms with E-state index in [0.717, 1.165) is 11.1 Å². The number of halogens is 1. The zero-order chi connectivity index (χ0) is 17.1. The van der Waals surface area contributed by atoms with Crippen molar-refractivity contribution in [2.75, 3.05) is 4.90 Å². The summed E-state index contributed by atoms with van der Waals surface area (Å²) in [5.41, 5.74) is 8.36. The van der Waals surface area contributed by atoms with Gasteiger partial charge in [-0.1, -0.05) is 54.1 Å². The first kappa shape index (κ1) is 15.9. The van der Waals surface area contributed by atoms with E-state index in [1.165, 1.54) is 23.1 Å². The molecule has 3 rings (SSSR count). The summed E-state index contributed by atoms with van der Waals surface area (Å²) < 4.78 is 0. The second kappa shape index (κ2) is 6.64. The number of carbonyl (C=O) groups excluding carboxylic acids is 1. The van der Waals surface area contributed by atoms with Gasteiger partial charge in [-0.2, -0.15) is 0 Å². The summed E-state index contributed by atoms with van der Waals surface area (Å²) in [6.45, 7) is 0. The third kappa shape index (κ3) is 3.19. The molecule has 0 fully saturated rings. The van der Waals surface area contributed by atoms with E-state index in [2.05, 4.69) is 0 Å². The van der Waals surface area contributed by atoms with E-state index in [-0.39, 0.29) is 11.4 Å². The van der Waals surface area contributed by atoms with E-state index < -0.39 is 6.03 Å². The number of phenols is 1. The number of carbonyl (C=O) groups is 1. The average molecular weight is 339 g/mol. The molecular weight excluding hydrogens is 324 g/mol. The van der Waals surface area contributed by atoms with Crippen LogP contribution in [-0.4, -0.2) is 11.1 Å². The van der Waals surface area contributed by atoms with Crippen molar-refractivity contribution in [3.8, 4) is 16.9 Å². The molecule has 3 aromatic carbocycles. The Hall–Kier alpha value is -2.98. The van der Waals surface area contributed by atoms with Crippen molar-refractivity contribution >= 4 is 29.0 Å². The predicted molar refractivity (Wildman–Crippen MR) is 96.7 cm³/mol. The number of anilines is 2. The van der Waals surface area contributed by atoms with Gasteiger partial charge in [0, 0.05) is 5.02 Å². The Bertz CT molecular complexity index is 864. The van der Waals surface area contributed by atoms with Crippen LogP contribution in [0.5, 0.6) is 5.75 Å². The number of amides is 2. The topological polar surface area (TPSA) is 66.6 Å². The van der Waals surface area contributed by atoms with Gasteiger partial charge in [0.1, 0.15) is 5.75 Å². The molecule has 120 valence electrons. The Morgan fingerprint density at radius 2 is 1.54 bits per heavy atom. The van der Waals surface area contributed by atoms with Crippen molar-refractivity contribution < 1.29 is 9.90 Å². The third-order valence-corrected chi connectivity index (χ3v) is 3.87. The summed E-state index contributed by atoms with van der Waals surface area (Å²) in [7, 11) is 0. The van der Waals surface area contributed by atoms with E-state index in [0.29, 0.717) is 10.7 Å². The van der Waals surface area contributed by atoms with Crippen molar-refractivity contribution in [3.05, 3.63) is 77.8 Å². The number of phenolic OH excluding ortho intramolecular Hbond substituents is 1. The maximum absolute atomic E-state index is 11.9. The van der Waals surface area contributed by atoms with Gasteiger partial charge in [-0.3, -0.25) is 4.90 Å². The van der Waals surface area contributed by atoms with Gasteiger partial charge in [-0.05, 0) is 41.5 Å². The van der Waals surface area contributed by atoms with Gasteiger partial charge in [0.05, 0.1) is 11.4 Å². The molecular formula is C19H15ClN2O2. The highest BCUT2D eigenvalue weighted by molar-refractivity contribution is 6.31. The molecule has 0 radical (unpaired) electrons. The van der Waals surface area contributed by atoms with Crippen molar-refractivity contribution in [3.63, 3.8) is 0 Å². The van der Waals surface area contributed by atoms with Crippen LogP contribution in [-0.2, 0) is 0 Å². The van der Waals surface area contributed by atoms with E-state index >= 15 is 0 Å². The first-order valence-electron chi connectivity index (χ1n) is 7.30. The zero-order valence-corrected chi connectivity index (χ0v) is 13.4. The average Bonchev–Trinajstić information content (AvgIpc) is 2.59. The first-order chi connectivity index (χ1) is 11.6. The van der Waals surface area contributed by atoms with Gasteiger partial charge < -0.3 is 10.8 Å². The molecule has 0 spiro atoms. The predicted octanol–water partition coefficient (Wildman–Crippen LogP) is 4.93. The summed E-state index contributed by atoms with van der Waals surface area (Å²) in [6, 6.07) is 21.0. The quantitative estimate of drug-likeness (QED) is 0.711. The van der Waals surface area contributed by atoms with Crippen LogP contribution in [0.2, 0.25) is 5.02 Å². The number of nitrogens with two attached hydrogens (primary N) is 1. The van der Waals surface area contributed by atoms with Crippen LogP contribution in [0.1, 0.15) is 0 Å². The highest BCUT2D eigenvalue weighted by atomic mass is 35.5. The maximum atomic E-state index is 11.9. The lowest BCUT2D eigenvalue weighted by Gasteiger charge is -2.22. The molecule has 0 atom stereocenters. The molecule has 0 aliphatic heterocycles. The summed E-state index contributed by atoms with van der Waals surface area (Å²) >= 11 is 5.97. The Morgan fingerprint density at radius 1 is 0.917 bits per heavy atom. The molecule has 24 heavy (non-hydrogen) atoms. The number of nitrogens with zero attached hydrogens (tertiary/aromatic N) is 1.